The number of pyridine rings is 3. The molecule has 0 bridgehead atoms. The molecular weight excluding hydrogens is 502 g/mol. The molecule has 0 spiro atoms. The van der Waals surface area contributed by atoms with Gasteiger partial charge in [-0.3, -0.25) is 19.6 Å². The zero-order chi connectivity index (χ0) is 27.6. The first-order chi connectivity index (χ1) is 17.9. The number of hydrogen-bond donors (Lipinski definition) is 2. The Morgan fingerprint density at radius 3 is 2.32 bits per heavy atom. The normalized spacial score (nSPS) is 11.2. The molecule has 0 unspecified atom stereocenters. The molecule has 0 fully saturated rings. The van der Waals surface area contributed by atoms with Crippen LogP contribution in [0.1, 0.15) is 34.2 Å². The van der Waals surface area contributed by atoms with Gasteiger partial charge in [0.2, 0.25) is 5.91 Å². The quantitative estimate of drug-likeness (QED) is 0.304. The summed E-state index contributed by atoms with van der Waals surface area (Å²) in [4.78, 5) is 36.0. The van der Waals surface area contributed by atoms with Gasteiger partial charge in [-0.05, 0) is 79.1 Å². The molecule has 0 saturated carbocycles. The Morgan fingerprint density at radius 1 is 0.868 bits per heavy atom. The molecule has 2 N–H and O–H groups in total. The highest BCUT2D eigenvalue weighted by Crippen LogP contribution is 2.33. The summed E-state index contributed by atoms with van der Waals surface area (Å²) < 4.78 is 53.8. The van der Waals surface area contributed by atoms with E-state index in [0.717, 1.165) is 12.3 Å². The molecule has 0 aliphatic heterocycles. The van der Waals surface area contributed by atoms with E-state index in [-0.39, 0.29) is 17.2 Å². The molecule has 38 heavy (non-hydrogen) atoms. The average molecular weight is 523 g/mol. The molecule has 0 radical (unpaired) electrons. The second-order valence-corrected chi connectivity index (χ2v) is 8.52. The topological polar surface area (TPSA) is 96.9 Å². The van der Waals surface area contributed by atoms with Crippen molar-refractivity contribution in [3.8, 4) is 22.4 Å². The van der Waals surface area contributed by atoms with E-state index in [4.69, 9.17) is 0 Å². The van der Waals surface area contributed by atoms with Crippen LogP contribution in [0.25, 0.3) is 22.4 Å². The van der Waals surface area contributed by atoms with Crippen LogP contribution in [-0.4, -0.2) is 26.8 Å². The van der Waals surface area contributed by atoms with Crippen molar-refractivity contribution in [3.63, 3.8) is 0 Å². The fraction of sp³-hybridized carbons (Fsp3) is 0.148. The van der Waals surface area contributed by atoms with Crippen molar-refractivity contribution in [1.29, 1.82) is 0 Å². The number of nitrogens with zero attached hydrogens (tertiary/aromatic N) is 3. The van der Waals surface area contributed by atoms with Gasteiger partial charge < -0.3 is 10.6 Å². The van der Waals surface area contributed by atoms with Gasteiger partial charge in [0.15, 0.2) is 0 Å². The highest BCUT2D eigenvalue weighted by Gasteiger charge is 2.33. The molecule has 194 valence electrons. The molecule has 3 heterocycles. The number of alkyl halides is 3. The second kappa shape index (κ2) is 10.4. The standard InChI is InChI=1S/C27H21F4N5O2/c1-14-8-21(28)23(36-26(38)18-5-6-32-24(11-18)27(29,30)31)13-20(14)19-9-15(2)34-22(10-19)17-4-7-33-25(12-17)35-16(3)37/h4-13H,1-3H3,(H,36,38)(H,33,35,37). The Kier molecular flexibility index (Phi) is 7.20. The Morgan fingerprint density at radius 2 is 1.61 bits per heavy atom. The monoisotopic (exact) mass is 523 g/mol. The summed E-state index contributed by atoms with van der Waals surface area (Å²) in [6.07, 6.45) is -2.33. The van der Waals surface area contributed by atoms with Crippen LogP contribution in [0.15, 0.2) is 60.9 Å². The SMILES string of the molecule is CC(=O)Nc1cc(-c2cc(-c3cc(NC(=O)c4ccnc(C(F)(F)F)c4)c(F)cc3C)cc(C)n2)ccn1. The number of hydrogen-bond acceptors (Lipinski definition) is 5. The predicted molar refractivity (Wildman–Crippen MR) is 134 cm³/mol. The van der Waals surface area contributed by atoms with E-state index in [1.54, 1.807) is 38.1 Å². The van der Waals surface area contributed by atoms with Crippen molar-refractivity contribution in [3.05, 3.63) is 89.3 Å². The minimum absolute atomic E-state index is 0.200. The number of carbonyl (C=O) groups excluding carboxylic acids is 2. The fourth-order valence-electron chi connectivity index (χ4n) is 3.81. The third-order valence-electron chi connectivity index (χ3n) is 5.50. The number of rotatable bonds is 5. The Labute approximate surface area is 215 Å². The lowest BCUT2D eigenvalue weighted by Crippen LogP contribution is -2.16. The first-order valence-electron chi connectivity index (χ1n) is 11.3. The highest BCUT2D eigenvalue weighted by atomic mass is 19.4. The van der Waals surface area contributed by atoms with Crippen LogP contribution in [-0.2, 0) is 11.0 Å². The summed E-state index contributed by atoms with van der Waals surface area (Å²) in [7, 11) is 0. The first-order valence-corrected chi connectivity index (χ1v) is 11.3. The van der Waals surface area contributed by atoms with E-state index < -0.39 is 23.6 Å². The summed E-state index contributed by atoms with van der Waals surface area (Å²) >= 11 is 0. The average Bonchev–Trinajstić information content (AvgIpc) is 2.84. The molecule has 1 aromatic carbocycles. The van der Waals surface area contributed by atoms with Crippen LogP contribution in [0, 0.1) is 19.7 Å². The maximum atomic E-state index is 14.8. The third-order valence-corrected chi connectivity index (χ3v) is 5.50. The van der Waals surface area contributed by atoms with Gasteiger partial charge in [0.05, 0.1) is 11.4 Å². The number of halogens is 4. The fourth-order valence-corrected chi connectivity index (χ4v) is 3.81. The number of benzene rings is 1. The minimum Gasteiger partial charge on any atom is -0.319 e. The van der Waals surface area contributed by atoms with Crippen LogP contribution < -0.4 is 10.6 Å². The van der Waals surface area contributed by atoms with Crippen molar-refractivity contribution in [2.24, 2.45) is 0 Å². The number of aryl methyl sites for hydroxylation is 2. The maximum Gasteiger partial charge on any atom is 0.433 e. The van der Waals surface area contributed by atoms with E-state index in [1.165, 1.54) is 25.3 Å². The zero-order valence-electron chi connectivity index (χ0n) is 20.4. The minimum atomic E-state index is -4.73. The first kappa shape index (κ1) is 26.4. The molecular formula is C27H21F4N5O2. The lowest BCUT2D eigenvalue weighted by atomic mass is 9.97. The molecule has 3 aromatic heterocycles. The summed E-state index contributed by atoms with van der Waals surface area (Å²) in [6, 6.07) is 11.3. The van der Waals surface area contributed by atoms with E-state index in [0.29, 0.717) is 45.5 Å². The van der Waals surface area contributed by atoms with Crippen molar-refractivity contribution >= 4 is 23.3 Å². The van der Waals surface area contributed by atoms with E-state index in [2.05, 4.69) is 25.6 Å². The van der Waals surface area contributed by atoms with Gasteiger partial charge in [0.1, 0.15) is 17.3 Å². The van der Waals surface area contributed by atoms with Gasteiger partial charge in [-0.1, -0.05) is 0 Å². The number of carbonyl (C=O) groups is 2. The van der Waals surface area contributed by atoms with Crippen LogP contribution in [0.5, 0.6) is 0 Å². The molecule has 0 atom stereocenters. The Balaban J connectivity index is 1.70. The largest absolute Gasteiger partial charge is 0.433 e. The highest BCUT2D eigenvalue weighted by molar-refractivity contribution is 6.04. The summed E-state index contributed by atoms with van der Waals surface area (Å²) in [5.41, 5.74) is 1.97. The molecule has 7 nitrogen and oxygen atoms in total. The molecule has 4 aromatic rings. The summed E-state index contributed by atoms with van der Waals surface area (Å²) in [6.45, 7) is 4.85. The molecule has 0 aliphatic rings. The van der Waals surface area contributed by atoms with Crippen molar-refractivity contribution in [1.82, 2.24) is 15.0 Å². The second-order valence-electron chi connectivity index (χ2n) is 8.52. The lowest BCUT2D eigenvalue weighted by molar-refractivity contribution is -0.141. The van der Waals surface area contributed by atoms with Gasteiger partial charge in [0, 0.05) is 36.1 Å². The summed E-state index contributed by atoms with van der Waals surface area (Å²) in [5.74, 6) is -1.58. The molecule has 2 amide bonds. The predicted octanol–water partition coefficient (Wildman–Crippen LogP) is 6.19. The smallest absolute Gasteiger partial charge is 0.319 e. The van der Waals surface area contributed by atoms with Gasteiger partial charge in [-0.15, -0.1) is 0 Å². The Bertz CT molecular complexity index is 1550. The maximum absolute atomic E-state index is 14.8. The van der Waals surface area contributed by atoms with Crippen molar-refractivity contribution < 1.29 is 27.2 Å². The van der Waals surface area contributed by atoms with Gasteiger partial charge in [0.25, 0.3) is 5.91 Å². The summed E-state index contributed by atoms with van der Waals surface area (Å²) in [5, 5.41) is 4.97. The zero-order valence-corrected chi connectivity index (χ0v) is 20.4. The molecule has 11 heteroatoms. The number of aromatic nitrogens is 3. The van der Waals surface area contributed by atoms with Crippen LogP contribution in [0.4, 0.5) is 29.1 Å². The molecule has 0 saturated heterocycles. The lowest BCUT2D eigenvalue weighted by Gasteiger charge is -2.14. The van der Waals surface area contributed by atoms with E-state index in [9.17, 15) is 27.2 Å². The molecule has 4 rings (SSSR count). The Hall–Kier alpha value is -4.67. The van der Waals surface area contributed by atoms with Crippen molar-refractivity contribution in [2.45, 2.75) is 26.9 Å². The van der Waals surface area contributed by atoms with Crippen molar-refractivity contribution in [2.75, 3.05) is 10.6 Å². The molecule has 0 aliphatic carbocycles. The van der Waals surface area contributed by atoms with Crippen LogP contribution >= 0.6 is 0 Å². The van der Waals surface area contributed by atoms with Gasteiger partial charge >= 0.3 is 6.18 Å². The van der Waals surface area contributed by atoms with Crippen LogP contribution in [0.2, 0.25) is 0 Å². The van der Waals surface area contributed by atoms with Crippen LogP contribution in [0.3, 0.4) is 0 Å². The van der Waals surface area contributed by atoms with E-state index in [1.807, 2.05) is 0 Å². The van der Waals surface area contributed by atoms with Gasteiger partial charge in [-0.25, -0.2) is 9.37 Å². The third kappa shape index (κ3) is 6.00. The number of amides is 2. The van der Waals surface area contributed by atoms with Gasteiger partial charge in [-0.2, -0.15) is 13.2 Å². The number of nitrogens with one attached hydrogen (secondary N) is 2. The number of anilines is 2. The van der Waals surface area contributed by atoms with E-state index >= 15 is 0 Å².